The molecule has 1 aromatic carbocycles. The number of hydrogen-bond donors (Lipinski definition) is 3. The molecule has 0 spiro atoms. The highest BCUT2D eigenvalue weighted by atomic mass is 35.5. The smallest absolute Gasteiger partial charge is 0.317 e. The number of nitrogens with one attached hydrogen (secondary N) is 3. The third-order valence-corrected chi connectivity index (χ3v) is 4.55. The molecule has 2 aliphatic rings. The Morgan fingerprint density at radius 1 is 1.29 bits per heavy atom. The van der Waals surface area contributed by atoms with Crippen LogP contribution in [-0.4, -0.2) is 56.1 Å². The van der Waals surface area contributed by atoms with Crippen molar-refractivity contribution in [3.8, 4) is 0 Å². The lowest BCUT2D eigenvalue weighted by Gasteiger charge is -2.16. The van der Waals surface area contributed by atoms with Gasteiger partial charge in [-0.25, -0.2) is 4.79 Å². The van der Waals surface area contributed by atoms with E-state index in [1.165, 1.54) is 6.42 Å². The molecule has 1 aromatic rings. The number of nitrogens with zero attached hydrogens (tertiary/aromatic N) is 1. The van der Waals surface area contributed by atoms with Crippen molar-refractivity contribution in [2.75, 3.05) is 39.3 Å². The number of rotatable bonds is 6. The van der Waals surface area contributed by atoms with E-state index in [-0.39, 0.29) is 24.3 Å². The number of hydrogen-bond acceptors (Lipinski definition) is 3. The van der Waals surface area contributed by atoms with Gasteiger partial charge in [-0.15, -0.1) is 12.4 Å². The highest BCUT2D eigenvalue weighted by Gasteiger charge is 2.20. The summed E-state index contributed by atoms with van der Waals surface area (Å²) in [5.74, 6) is 0.559. The highest BCUT2D eigenvalue weighted by Crippen LogP contribution is 2.18. The SMILES string of the molecule is Cl.O=C(NCCN1CCNC1=O)c1ccccc1CC1CCNC1. The minimum absolute atomic E-state index is 0. The summed E-state index contributed by atoms with van der Waals surface area (Å²) in [6, 6.07) is 7.77. The second-order valence-electron chi connectivity index (χ2n) is 6.19. The fourth-order valence-electron chi connectivity index (χ4n) is 3.24. The normalized spacial score (nSPS) is 19.8. The third kappa shape index (κ3) is 4.61. The van der Waals surface area contributed by atoms with Gasteiger partial charge in [-0.3, -0.25) is 4.79 Å². The molecule has 2 heterocycles. The molecule has 0 aromatic heterocycles. The molecule has 0 saturated carbocycles. The van der Waals surface area contributed by atoms with E-state index in [2.05, 4.69) is 16.0 Å². The Morgan fingerprint density at radius 3 is 2.83 bits per heavy atom. The maximum atomic E-state index is 12.4. The quantitative estimate of drug-likeness (QED) is 0.715. The number of carbonyl (C=O) groups is 2. The zero-order valence-corrected chi connectivity index (χ0v) is 14.5. The molecule has 2 fully saturated rings. The monoisotopic (exact) mass is 352 g/mol. The largest absolute Gasteiger partial charge is 0.350 e. The maximum Gasteiger partial charge on any atom is 0.317 e. The first-order valence-electron chi connectivity index (χ1n) is 8.33. The van der Waals surface area contributed by atoms with E-state index >= 15 is 0 Å². The summed E-state index contributed by atoms with van der Waals surface area (Å²) in [6.07, 6.45) is 2.10. The van der Waals surface area contributed by atoms with Gasteiger partial charge < -0.3 is 20.9 Å². The molecule has 2 aliphatic heterocycles. The lowest BCUT2D eigenvalue weighted by molar-refractivity contribution is 0.0949. The van der Waals surface area contributed by atoms with E-state index in [1.54, 1.807) is 4.90 Å². The molecule has 0 radical (unpaired) electrons. The average Bonchev–Trinajstić information content (AvgIpc) is 3.20. The van der Waals surface area contributed by atoms with Gasteiger partial charge in [0.2, 0.25) is 0 Å². The van der Waals surface area contributed by atoms with Crippen LogP contribution >= 0.6 is 12.4 Å². The van der Waals surface area contributed by atoms with Crippen LogP contribution in [0.1, 0.15) is 22.3 Å². The van der Waals surface area contributed by atoms with Crippen LogP contribution in [0.25, 0.3) is 0 Å². The van der Waals surface area contributed by atoms with Crippen LogP contribution in [0.5, 0.6) is 0 Å². The Balaban J connectivity index is 0.00000208. The summed E-state index contributed by atoms with van der Waals surface area (Å²) in [4.78, 5) is 25.6. The van der Waals surface area contributed by atoms with Gasteiger partial charge in [-0.1, -0.05) is 18.2 Å². The molecule has 24 heavy (non-hydrogen) atoms. The standard InChI is InChI=1S/C17H24N4O2.ClH/c22-16(19-7-9-21-10-8-20-17(21)23)15-4-2-1-3-14(15)11-13-5-6-18-12-13;/h1-4,13,18H,5-12H2,(H,19,22)(H,20,23);1H. The lowest BCUT2D eigenvalue weighted by atomic mass is 9.94. The second kappa shape index (κ2) is 8.89. The average molecular weight is 353 g/mol. The van der Waals surface area contributed by atoms with Crippen LogP contribution in [-0.2, 0) is 6.42 Å². The Bertz CT molecular complexity index is 575. The van der Waals surface area contributed by atoms with E-state index in [0.29, 0.717) is 32.1 Å². The predicted octanol–water partition coefficient (Wildman–Crippen LogP) is 1.02. The summed E-state index contributed by atoms with van der Waals surface area (Å²) in [6.45, 7) is 4.51. The third-order valence-electron chi connectivity index (χ3n) is 4.55. The molecular formula is C17H25ClN4O2. The molecule has 0 bridgehead atoms. The summed E-state index contributed by atoms with van der Waals surface area (Å²) >= 11 is 0. The van der Waals surface area contributed by atoms with Crippen LogP contribution in [0.4, 0.5) is 4.79 Å². The van der Waals surface area contributed by atoms with Crippen molar-refractivity contribution in [1.82, 2.24) is 20.9 Å². The van der Waals surface area contributed by atoms with Gasteiger partial charge in [0.05, 0.1) is 0 Å². The summed E-state index contributed by atoms with van der Waals surface area (Å²) in [5.41, 5.74) is 1.86. The Morgan fingerprint density at radius 2 is 2.12 bits per heavy atom. The van der Waals surface area contributed by atoms with E-state index in [1.807, 2.05) is 24.3 Å². The fraction of sp³-hybridized carbons (Fsp3) is 0.529. The maximum absolute atomic E-state index is 12.4. The van der Waals surface area contributed by atoms with E-state index in [4.69, 9.17) is 0 Å². The van der Waals surface area contributed by atoms with Gasteiger partial charge in [0.1, 0.15) is 0 Å². The topological polar surface area (TPSA) is 73.5 Å². The van der Waals surface area contributed by atoms with Crippen molar-refractivity contribution in [3.05, 3.63) is 35.4 Å². The minimum atomic E-state index is -0.0499. The predicted molar refractivity (Wildman–Crippen MR) is 95.7 cm³/mol. The second-order valence-corrected chi connectivity index (χ2v) is 6.19. The number of benzene rings is 1. The zero-order chi connectivity index (χ0) is 16.1. The van der Waals surface area contributed by atoms with Gasteiger partial charge in [-0.2, -0.15) is 0 Å². The van der Waals surface area contributed by atoms with E-state index < -0.39 is 0 Å². The molecule has 3 amide bonds. The van der Waals surface area contributed by atoms with Gasteiger partial charge >= 0.3 is 6.03 Å². The molecule has 2 saturated heterocycles. The van der Waals surface area contributed by atoms with Crippen LogP contribution in [0.15, 0.2) is 24.3 Å². The van der Waals surface area contributed by atoms with Crippen molar-refractivity contribution in [3.63, 3.8) is 0 Å². The van der Waals surface area contributed by atoms with Gasteiger partial charge in [0.15, 0.2) is 0 Å². The molecule has 3 rings (SSSR count). The Labute approximate surface area is 148 Å². The van der Waals surface area contributed by atoms with Crippen molar-refractivity contribution in [2.45, 2.75) is 12.8 Å². The zero-order valence-electron chi connectivity index (χ0n) is 13.7. The highest BCUT2D eigenvalue weighted by molar-refractivity contribution is 5.95. The molecular weight excluding hydrogens is 328 g/mol. The molecule has 1 atom stereocenters. The molecule has 132 valence electrons. The molecule has 0 aliphatic carbocycles. The van der Waals surface area contributed by atoms with Crippen molar-refractivity contribution >= 4 is 24.3 Å². The molecule has 1 unspecified atom stereocenters. The lowest BCUT2D eigenvalue weighted by Crippen LogP contribution is -2.37. The first kappa shape index (κ1) is 18.5. The van der Waals surface area contributed by atoms with E-state index in [0.717, 1.165) is 30.6 Å². The Kier molecular flexibility index (Phi) is 6.87. The number of amides is 3. The summed E-state index contributed by atoms with van der Waals surface area (Å²) in [5, 5.41) is 9.06. The molecule has 3 N–H and O–H groups in total. The van der Waals surface area contributed by atoms with Crippen molar-refractivity contribution in [2.24, 2.45) is 5.92 Å². The van der Waals surface area contributed by atoms with Crippen LogP contribution in [0.2, 0.25) is 0 Å². The van der Waals surface area contributed by atoms with Crippen LogP contribution in [0.3, 0.4) is 0 Å². The van der Waals surface area contributed by atoms with Crippen molar-refractivity contribution < 1.29 is 9.59 Å². The Hall–Kier alpha value is -1.79. The first-order valence-corrected chi connectivity index (χ1v) is 8.33. The van der Waals surface area contributed by atoms with Crippen molar-refractivity contribution in [1.29, 1.82) is 0 Å². The van der Waals surface area contributed by atoms with Gasteiger partial charge in [-0.05, 0) is 43.5 Å². The summed E-state index contributed by atoms with van der Waals surface area (Å²) < 4.78 is 0. The molecule has 6 nitrogen and oxygen atoms in total. The van der Waals surface area contributed by atoms with Crippen LogP contribution in [0, 0.1) is 5.92 Å². The van der Waals surface area contributed by atoms with Crippen LogP contribution < -0.4 is 16.0 Å². The van der Waals surface area contributed by atoms with Gasteiger partial charge in [0.25, 0.3) is 5.91 Å². The number of urea groups is 1. The number of halogens is 1. The number of carbonyl (C=O) groups excluding carboxylic acids is 2. The molecule has 7 heteroatoms. The van der Waals surface area contributed by atoms with E-state index in [9.17, 15) is 9.59 Å². The first-order chi connectivity index (χ1) is 11.2. The summed E-state index contributed by atoms with van der Waals surface area (Å²) in [7, 11) is 0. The fourth-order valence-corrected chi connectivity index (χ4v) is 3.24. The van der Waals surface area contributed by atoms with Gasteiger partial charge in [0, 0.05) is 31.7 Å². The minimum Gasteiger partial charge on any atom is -0.350 e.